The average molecular weight is 164 g/mol. The highest BCUT2D eigenvalue weighted by atomic mass is 15.1. The van der Waals surface area contributed by atoms with Crippen LogP contribution in [0.15, 0.2) is 18.4 Å². The van der Waals surface area contributed by atoms with Crippen molar-refractivity contribution in [1.82, 2.24) is 19.9 Å². The Hall–Kier alpha value is -1.45. The van der Waals surface area contributed by atoms with E-state index in [9.17, 15) is 0 Å². The third-order valence-corrected chi connectivity index (χ3v) is 1.56. The largest absolute Gasteiger partial charge is 0.381 e. The molecule has 0 bridgehead atoms. The van der Waals surface area contributed by atoms with Crippen LogP contribution in [0.2, 0.25) is 0 Å². The first kappa shape index (κ1) is 8.64. The van der Waals surface area contributed by atoms with Crippen molar-refractivity contribution in [2.75, 3.05) is 14.1 Å². The van der Waals surface area contributed by atoms with Crippen molar-refractivity contribution in [2.45, 2.75) is 6.92 Å². The molecule has 1 aromatic rings. The van der Waals surface area contributed by atoms with Crippen molar-refractivity contribution < 1.29 is 0 Å². The number of aromatic nitrogens is 3. The van der Waals surface area contributed by atoms with E-state index in [0.29, 0.717) is 5.82 Å². The van der Waals surface area contributed by atoms with Gasteiger partial charge >= 0.3 is 0 Å². The van der Waals surface area contributed by atoms with Gasteiger partial charge in [-0.15, -0.1) is 0 Å². The molecule has 0 radical (unpaired) electrons. The van der Waals surface area contributed by atoms with E-state index in [1.807, 2.05) is 32.0 Å². The Kier molecular flexibility index (Phi) is 2.74. The topological polar surface area (TPSA) is 41.9 Å². The molecular formula is C8H12N4. The molecule has 0 unspecified atom stereocenters. The molecule has 4 nitrogen and oxygen atoms in total. The van der Waals surface area contributed by atoms with Gasteiger partial charge in [-0.2, -0.15) is 0 Å². The van der Waals surface area contributed by atoms with E-state index in [-0.39, 0.29) is 0 Å². The van der Waals surface area contributed by atoms with Gasteiger partial charge in [-0.3, -0.25) is 0 Å². The monoisotopic (exact) mass is 164 g/mol. The Morgan fingerprint density at radius 2 is 1.92 bits per heavy atom. The van der Waals surface area contributed by atoms with Gasteiger partial charge in [-0.05, 0) is 6.92 Å². The van der Waals surface area contributed by atoms with Crippen LogP contribution in [0, 0.1) is 0 Å². The molecule has 0 aliphatic carbocycles. The molecule has 0 atom stereocenters. The predicted molar refractivity (Wildman–Crippen MR) is 47.2 cm³/mol. The van der Waals surface area contributed by atoms with Crippen LogP contribution in [0.4, 0.5) is 0 Å². The molecule has 0 spiro atoms. The van der Waals surface area contributed by atoms with Gasteiger partial charge in [0.15, 0.2) is 5.82 Å². The van der Waals surface area contributed by atoms with Crippen LogP contribution in [-0.2, 0) is 0 Å². The zero-order valence-electron chi connectivity index (χ0n) is 7.52. The second-order valence-corrected chi connectivity index (χ2v) is 2.68. The minimum absolute atomic E-state index is 0.691. The molecule has 0 fully saturated rings. The second kappa shape index (κ2) is 3.80. The molecule has 0 N–H and O–H groups in total. The molecule has 0 aromatic carbocycles. The molecule has 1 aromatic heterocycles. The van der Waals surface area contributed by atoms with Gasteiger partial charge in [0, 0.05) is 25.9 Å². The predicted octanol–water partition coefficient (Wildman–Crippen LogP) is 0.794. The van der Waals surface area contributed by atoms with E-state index < -0.39 is 0 Å². The van der Waals surface area contributed by atoms with Gasteiger partial charge in [0.2, 0.25) is 0 Å². The van der Waals surface area contributed by atoms with Gasteiger partial charge in [-0.1, -0.05) is 0 Å². The van der Waals surface area contributed by atoms with E-state index in [1.54, 1.807) is 0 Å². The number of allylic oxidation sites excluding steroid dienone is 1. The van der Waals surface area contributed by atoms with E-state index in [4.69, 9.17) is 0 Å². The summed E-state index contributed by atoms with van der Waals surface area (Å²) in [6.45, 7) is 2.00. The van der Waals surface area contributed by atoms with Crippen LogP contribution in [0.5, 0.6) is 0 Å². The highest BCUT2D eigenvalue weighted by Gasteiger charge is 1.93. The molecule has 0 saturated heterocycles. The second-order valence-electron chi connectivity index (χ2n) is 2.68. The summed E-state index contributed by atoms with van der Waals surface area (Å²) in [5, 5.41) is 0. The molecule has 64 valence electrons. The van der Waals surface area contributed by atoms with Crippen molar-refractivity contribution in [1.29, 1.82) is 0 Å². The molecule has 0 aliphatic heterocycles. The fourth-order valence-electron chi connectivity index (χ4n) is 0.639. The summed E-state index contributed by atoms with van der Waals surface area (Å²) >= 11 is 0. The van der Waals surface area contributed by atoms with Gasteiger partial charge in [-0.25, -0.2) is 15.0 Å². The Morgan fingerprint density at radius 3 is 2.42 bits per heavy atom. The molecule has 0 saturated carbocycles. The lowest BCUT2D eigenvalue weighted by atomic mass is 10.4. The van der Waals surface area contributed by atoms with E-state index in [2.05, 4.69) is 15.0 Å². The van der Waals surface area contributed by atoms with Crippen molar-refractivity contribution in [2.24, 2.45) is 0 Å². The Balaban J connectivity index is 2.81. The summed E-state index contributed by atoms with van der Waals surface area (Å²) < 4.78 is 0. The Bertz CT molecular complexity index is 266. The molecular weight excluding hydrogens is 152 g/mol. The van der Waals surface area contributed by atoms with Crippen molar-refractivity contribution in [3.8, 4) is 0 Å². The zero-order valence-corrected chi connectivity index (χ0v) is 7.52. The summed E-state index contributed by atoms with van der Waals surface area (Å²) in [5.74, 6) is 0.691. The summed E-state index contributed by atoms with van der Waals surface area (Å²) in [6.07, 6.45) is 4.88. The van der Waals surface area contributed by atoms with Gasteiger partial charge in [0.1, 0.15) is 12.7 Å². The maximum atomic E-state index is 3.98. The molecule has 0 aliphatic rings. The minimum atomic E-state index is 0.691. The normalized spacial score (nSPS) is 11.4. The molecule has 12 heavy (non-hydrogen) atoms. The first-order valence-corrected chi connectivity index (χ1v) is 3.68. The quantitative estimate of drug-likeness (QED) is 0.648. The third kappa shape index (κ3) is 2.30. The number of hydrogen-bond acceptors (Lipinski definition) is 4. The smallest absolute Gasteiger partial charge is 0.157 e. The fraction of sp³-hybridized carbons (Fsp3) is 0.375. The average Bonchev–Trinajstić information content (AvgIpc) is 2.06. The van der Waals surface area contributed by atoms with Crippen molar-refractivity contribution in [3.63, 3.8) is 0 Å². The van der Waals surface area contributed by atoms with Gasteiger partial charge in [0.25, 0.3) is 0 Å². The molecule has 4 heteroatoms. The SMILES string of the molecule is C/C(=C\c1ncncn1)N(C)C. The van der Waals surface area contributed by atoms with Crippen LogP contribution in [-0.4, -0.2) is 33.9 Å². The number of nitrogens with zero attached hydrogens (tertiary/aromatic N) is 4. The third-order valence-electron chi connectivity index (χ3n) is 1.56. The summed E-state index contributed by atoms with van der Waals surface area (Å²) in [4.78, 5) is 13.7. The highest BCUT2D eigenvalue weighted by molar-refractivity contribution is 5.42. The fourth-order valence-corrected chi connectivity index (χ4v) is 0.639. The van der Waals surface area contributed by atoms with Crippen LogP contribution in [0.25, 0.3) is 6.08 Å². The lowest BCUT2D eigenvalue weighted by Crippen LogP contribution is -2.08. The van der Waals surface area contributed by atoms with Crippen LogP contribution >= 0.6 is 0 Å². The standard InChI is InChI=1S/C8H12N4/c1-7(12(2)3)4-8-10-5-9-6-11-8/h4-6H,1-3H3/b7-4+. The first-order chi connectivity index (χ1) is 5.70. The Labute approximate surface area is 72.0 Å². The first-order valence-electron chi connectivity index (χ1n) is 3.68. The van der Waals surface area contributed by atoms with E-state index in [1.165, 1.54) is 12.7 Å². The molecule has 1 rings (SSSR count). The lowest BCUT2D eigenvalue weighted by Gasteiger charge is -2.11. The minimum Gasteiger partial charge on any atom is -0.381 e. The van der Waals surface area contributed by atoms with Gasteiger partial charge in [0.05, 0.1) is 0 Å². The Morgan fingerprint density at radius 1 is 1.33 bits per heavy atom. The highest BCUT2D eigenvalue weighted by Crippen LogP contribution is 2.00. The van der Waals surface area contributed by atoms with Crippen molar-refractivity contribution >= 4 is 6.08 Å². The lowest BCUT2D eigenvalue weighted by molar-refractivity contribution is 0.518. The molecule has 0 amide bonds. The maximum absolute atomic E-state index is 3.98. The van der Waals surface area contributed by atoms with Crippen LogP contribution in [0.1, 0.15) is 12.7 Å². The maximum Gasteiger partial charge on any atom is 0.157 e. The van der Waals surface area contributed by atoms with Crippen LogP contribution < -0.4 is 0 Å². The number of rotatable bonds is 2. The van der Waals surface area contributed by atoms with E-state index >= 15 is 0 Å². The van der Waals surface area contributed by atoms with E-state index in [0.717, 1.165) is 5.70 Å². The van der Waals surface area contributed by atoms with Crippen LogP contribution in [0.3, 0.4) is 0 Å². The zero-order chi connectivity index (χ0) is 8.97. The van der Waals surface area contributed by atoms with Crippen molar-refractivity contribution in [3.05, 3.63) is 24.2 Å². The number of hydrogen-bond donors (Lipinski definition) is 0. The molecule has 1 heterocycles. The summed E-state index contributed by atoms with van der Waals surface area (Å²) in [7, 11) is 3.96. The van der Waals surface area contributed by atoms with Gasteiger partial charge < -0.3 is 4.90 Å². The summed E-state index contributed by atoms with van der Waals surface area (Å²) in [5.41, 5.74) is 1.11. The summed E-state index contributed by atoms with van der Waals surface area (Å²) in [6, 6.07) is 0.